The highest BCUT2D eigenvalue weighted by Crippen LogP contribution is 2.26. The number of benzene rings is 2. The molecule has 108 valence electrons. The van der Waals surface area contributed by atoms with Crippen LogP contribution in [0.2, 0.25) is 0 Å². The number of fused-ring (bicyclic) bond motifs is 1. The van der Waals surface area contributed by atoms with Crippen LogP contribution in [0.5, 0.6) is 0 Å². The van der Waals surface area contributed by atoms with Gasteiger partial charge in [-0.25, -0.2) is 4.98 Å². The normalized spacial score (nSPS) is 11.2. The average molecular weight is 280 g/mol. The molecular formula is C18H20N2O. The van der Waals surface area contributed by atoms with Gasteiger partial charge in [0.15, 0.2) is 0 Å². The van der Waals surface area contributed by atoms with Crippen LogP contribution in [-0.4, -0.2) is 21.3 Å². The third-order valence-corrected chi connectivity index (χ3v) is 3.96. The van der Waals surface area contributed by atoms with Crippen LogP contribution in [0.15, 0.2) is 42.5 Å². The maximum absolute atomic E-state index is 9.15. The summed E-state index contributed by atoms with van der Waals surface area (Å²) in [6.07, 6.45) is 0.734. The Bertz CT molecular complexity index is 774. The lowest BCUT2D eigenvalue weighted by molar-refractivity contribution is 0.281. The van der Waals surface area contributed by atoms with Crippen molar-refractivity contribution >= 4 is 11.0 Å². The second kappa shape index (κ2) is 5.70. The molecule has 0 spiro atoms. The van der Waals surface area contributed by atoms with Gasteiger partial charge in [0.1, 0.15) is 5.82 Å². The van der Waals surface area contributed by atoms with Crippen molar-refractivity contribution in [2.45, 2.75) is 26.8 Å². The zero-order valence-electron chi connectivity index (χ0n) is 12.5. The summed E-state index contributed by atoms with van der Waals surface area (Å²) in [5.41, 5.74) is 5.82. The first-order valence-electron chi connectivity index (χ1n) is 7.34. The number of aryl methyl sites for hydroxylation is 3. The zero-order chi connectivity index (χ0) is 14.8. The maximum atomic E-state index is 9.15. The molecule has 1 heterocycles. The van der Waals surface area contributed by atoms with E-state index in [1.807, 2.05) is 18.2 Å². The van der Waals surface area contributed by atoms with Crippen LogP contribution in [0.1, 0.15) is 17.5 Å². The summed E-state index contributed by atoms with van der Waals surface area (Å²) in [4.78, 5) is 4.79. The van der Waals surface area contributed by atoms with Crippen LogP contribution in [-0.2, 0) is 6.54 Å². The van der Waals surface area contributed by atoms with Gasteiger partial charge in [0.2, 0.25) is 0 Å². The topological polar surface area (TPSA) is 38.0 Å². The Kier molecular flexibility index (Phi) is 3.76. The maximum Gasteiger partial charge on any atom is 0.141 e. The van der Waals surface area contributed by atoms with Crippen molar-refractivity contribution in [3.8, 4) is 11.4 Å². The Morgan fingerprint density at radius 3 is 2.62 bits per heavy atom. The van der Waals surface area contributed by atoms with Crippen LogP contribution in [0, 0.1) is 13.8 Å². The van der Waals surface area contributed by atoms with Gasteiger partial charge in [0, 0.05) is 18.7 Å². The van der Waals surface area contributed by atoms with Crippen LogP contribution < -0.4 is 0 Å². The van der Waals surface area contributed by atoms with E-state index in [0.29, 0.717) is 0 Å². The summed E-state index contributed by atoms with van der Waals surface area (Å²) in [7, 11) is 0. The first-order chi connectivity index (χ1) is 10.2. The fourth-order valence-electron chi connectivity index (χ4n) is 2.63. The zero-order valence-corrected chi connectivity index (χ0v) is 12.5. The molecule has 0 unspecified atom stereocenters. The van der Waals surface area contributed by atoms with E-state index < -0.39 is 0 Å². The molecule has 0 aliphatic carbocycles. The van der Waals surface area contributed by atoms with Crippen LogP contribution in [0.3, 0.4) is 0 Å². The van der Waals surface area contributed by atoms with E-state index in [1.165, 1.54) is 11.1 Å². The number of rotatable bonds is 4. The molecule has 0 saturated carbocycles. The highest BCUT2D eigenvalue weighted by molar-refractivity contribution is 5.80. The molecule has 21 heavy (non-hydrogen) atoms. The predicted molar refractivity (Wildman–Crippen MR) is 86.3 cm³/mol. The first-order valence-corrected chi connectivity index (χ1v) is 7.34. The van der Waals surface area contributed by atoms with Crippen LogP contribution >= 0.6 is 0 Å². The van der Waals surface area contributed by atoms with Gasteiger partial charge in [-0.05, 0) is 49.6 Å². The fourth-order valence-corrected chi connectivity index (χ4v) is 2.63. The summed E-state index contributed by atoms with van der Waals surface area (Å²) in [6, 6.07) is 14.6. The second-order valence-corrected chi connectivity index (χ2v) is 5.45. The molecule has 3 heteroatoms. The molecule has 0 bridgehead atoms. The van der Waals surface area contributed by atoms with Gasteiger partial charge in [-0.1, -0.05) is 24.3 Å². The minimum atomic E-state index is 0.193. The number of hydrogen-bond acceptors (Lipinski definition) is 2. The van der Waals surface area contributed by atoms with Gasteiger partial charge < -0.3 is 9.67 Å². The Hall–Kier alpha value is -2.13. The van der Waals surface area contributed by atoms with E-state index in [0.717, 1.165) is 35.4 Å². The molecule has 1 N–H and O–H groups in total. The van der Waals surface area contributed by atoms with Crippen LogP contribution in [0.4, 0.5) is 0 Å². The highest BCUT2D eigenvalue weighted by Gasteiger charge is 2.12. The molecular weight excluding hydrogens is 260 g/mol. The summed E-state index contributed by atoms with van der Waals surface area (Å²) < 4.78 is 2.20. The van der Waals surface area contributed by atoms with Crippen molar-refractivity contribution in [3.05, 3.63) is 53.6 Å². The van der Waals surface area contributed by atoms with Crippen molar-refractivity contribution < 1.29 is 5.11 Å². The molecule has 0 radical (unpaired) electrons. The van der Waals surface area contributed by atoms with Crippen molar-refractivity contribution in [3.63, 3.8) is 0 Å². The number of aromatic nitrogens is 2. The number of aliphatic hydroxyl groups excluding tert-OH is 1. The number of aliphatic hydroxyl groups is 1. The molecule has 0 aliphatic heterocycles. The van der Waals surface area contributed by atoms with Crippen molar-refractivity contribution in [2.75, 3.05) is 6.61 Å². The first kappa shape index (κ1) is 13.8. The minimum Gasteiger partial charge on any atom is -0.396 e. The third-order valence-electron chi connectivity index (χ3n) is 3.96. The molecule has 0 aliphatic rings. The summed E-state index contributed by atoms with van der Waals surface area (Å²) >= 11 is 0. The van der Waals surface area contributed by atoms with Gasteiger partial charge in [0.05, 0.1) is 11.0 Å². The van der Waals surface area contributed by atoms with E-state index in [4.69, 9.17) is 10.1 Å². The molecule has 3 rings (SSSR count). The van der Waals surface area contributed by atoms with Crippen LogP contribution in [0.25, 0.3) is 22.4 Å². The lowest BCUT2D eigenvalue weighted by Gasteiger charge is -2.10. The smallest absolute Gasteiger partial charge is 0.141 e. The summed E-state index contributed by atoms with van der Waals surface area (Å²) in [5, 5.41) is 9.15. The second-order valence-electron chi connectivity index (χ2n) is 5.45. The molecule has 3 nitrogen and oxygen atoms in total. The Morgan fingerprint density at radius 1 is 1.05 bits per heavy atom. The molecule has 0 saturated heterocycles. The Morgan fingerprint density at radius 2 is 1.86 bits per heavy atom. The van der Waals surface area contributed by atoms with Crippen molar-refractivity contribution in [2.24, 2.45) is 0 Å². The Balaban J connectivity index is 2.17. The summed E-state index contributed by atoms with van der Waals surface area (Å²) in [5.74, 6) is 0.979. The number of nitrogens with zero attached hydrogens (tertiary/aromatic N) is 2. The number of hydrogen-bond donors (Lipinski definition) is 1. The predicted octanol–water partition coefficient (Wildman–Crippen LogP) is 3.70. The van der Waals surface area contributed by atoms with E-state index in [1.54, 1.807) is 0 Å². The SMILES string of the molecule is Cc1ccc(-c2nc3ccccc3n2CCCO)cc1C. The van der Waals surface area contributed by atoms with Gasteiger partial charge in [-0.2, -0.15) is 0 Å². The lowest BCUT2D eigenvalue weighted by atomic mass is 10.1. The van der Waals surface area contributed by atoms with Gasteiger partial charge in [0.25, 0.3) is 0 Å². The number of imidazole rings is 1. The molecule has 3 aromatic rings. The van der Waals surface area contributed by atoms with Crippen molar-refractivity contribution in [1.82, 2.24) is 9.55 Å². The largest absolute Gasteiger partial charge is 0.396 e. The number of para-hydroxylation sites is 2. The molecule has 0 amide bonds. The molecule has 0 atom stereocenters. The van der Waals surface area contributed by atoms with Gasteiger partial charge in [-0.15, -0.1) is 0 Å². The van der Waals surface area contributed by atoms with Crippen molar-refractivity contribution in [1.29, 1.82) is 0 Å². The van der Waals surface area contributed by atoms with Gasteiger partial charge >= 0.3 is 0 Å². The van der Waals surface area contributed by atoms with E-state index >= 15 is 0 Å². The highest BCUT2D eigenvalue weighted by atomic mass is 16.3. The minimum absolute atomic E-state index is 0.193. The lowest BCUT2D eigenvalue weighted by Crippen LogP contribution is -2.02. The molecule has 0 fully saturated rings. The molecule has 2 aromatic carbocycles. The monoisotopic (exact) mass is 280 g/mol. The summed E-state index contributed by atoms with van der Waals surface area (Å²) in [6.45, 7) is 5.21. The molecule has 1 aromatic heterocycles. The van der Waals surface area contributed by atoms with E-state index in [9.17, 15) is 0 Å². The average Bonchev–Trinajstić information content (AvgIpc) is 2.86. The van der Waals surface area contributed by atoms with E-state index in [-0.39, 0.29) is 6.61 Å². The third kappa shape index (κ3) is 2.57. The fraction of sp³-hybridized carbons (Fsp3) is 0.278. The Labute approximate surface area is 124 Å². The standard InChI is InChI=1S/C18H20N2O/c1-13-8-9-15(12-14(13)2)18-19-16-6-3-4-7-17(16)20(18)10-5-11-21/h3-4,6-9,12,21H,5,10-11H2,1-2H3. The van der Waals surface area contributed by atoms with E-state index in [2.05, 4.69) is 42.7 Å². The van der Waals surface area contributed by atoms with Gasteiger partial charge in [-0.3, -0.25) is 0 Å². The quantitative estimate of drug-likeness (QED) is 0.791.